The molecule has 1 aromatic heterocycles. The Morgan fingerprint density at radius 3 is 2.70 bits per heavy atom. The van der Waals surface area contributed by atoms with Crippen molar-refractivity contribution in [3.63, 3.8) is 0 Å². The van der Waals surface area contributed by atoms with Gasteiger partial charge in [-0.3, -0.25) is 4.72 Å². The quantitative estimate of drug-likeness (QED) is 0.396. The fraction of sp³-hybridized carbons (Fsp3) is 0.176. The van der Waals surface area contributed by atoms with E-state index in [9.17, 15) is 8.42 Å². The van der Waals surface area contributed by atoms with E-state index in [1.807, 2.05) is 0 Å². The minimum Gasteiger partial charge on any atom is -0.504 e. The molecule has 8 nitrogen and oxygen atoms in total. The van der Waals surface area contributed by atoms with Crippen molar-refractivity contribution in [3.8, 4) is 11.6 Å². The highest BCUT2D eigenvalue weighted by atomic mass is 32.2. The van der Waals surface area contributed by atoms with Crippen LogP contribution in [0.4, 0.5) is 0 Å². The summed E-state index contributed by atoms with van der Waals surface area (Å²) >= 11 is 5.03. The van der Waals surface area contributed by atoms with E-state index in [0.717, 1.165) is 4.31 Å². The molecule has 10 heteroatoms. The van der Waals surface area contributed by atoms with Crippen LogP contribution in [0.2, 0.25) is 0 Å². The van der Waals surface area contributed by atoms with Crippen molar-refractivity contribution in [1.29, 1.82) is 0 Å². The van der Waals surface area contributed by atoms with Crippen LogP contribution in [-0.2, 0) is 14.9 Å². The van der Waals surface area contributed by atoms with Gasteiger partial charge >= 0.3 is 10.2 Å². The first-order valence-corrected chi connectivity index (χ1v) is 9.54. The summed E-state index contributed by atoms with van der Waals surface area (Å²) in [5.41, 5.74) is 1.11. The first-order chi connectivity index (χ1) is 12.7. The van der Waals surface area contributed by atoms with E-state index in [-0.39, 0.29) is 5.70 Å². The second-order valence-corrected chi connectivity index (χ2v) is 7.79. The number of para-hydroxylation sites is 1. The Hall–Kier alpha value is -2.69. The Kier molecular flexibility index (Phi) is 6.72. The number of rotatable bonds is 8. The monoisotopic (exact) mass is 408 g/mol. The molecule has 0 aliphatic heterocycles. The van der Waals surface area contributed by atoms with Crippen LogP contribution in [0.1, 0.15) is 5.56 Å². The number of hydrogen-bond donors (Lipinski definition) is 2. The highest BCUT2D eigenvalue weighted by molar-refractivity contribution is 7.87. The summed E-state index contributed by atoms with van der Waals surface area (Å²) in [6.07, 6.45) is 2.81. The zero-order valence-electron chi connectivity index (χ0n) is 15.1. The predicted molar refractivity (Wildman–Crippen MR) is 106 cm³/mol. The van der Waals surface area contributed by atoms with Crippen molar-refractivity contribution in [2.75, 3.05) is 21.2 Å². The summed E-state index contributed by atoms with van der Waals surface area (Å²) in [7, 11) is 0.557. The number of aromatic amines is 1. The summed E-state index contributed by atoms with van der Waals surface area (Å²) in [5, 5.41) is 0. The first kappa shape index (κ1) is 20.6. The molecule has 0 amide bonds. The molecule has 2 aromatic rings. The number of nitrogens with one attached hydrogen (secondary N) is 2. The average molecular weight is 409 g/mol. The second-order valence-electron chi connectivity index (χ2n) is 5.48. The van der Waals surface area contributed by atoms with Crippen molar-refractivity contribution in [2.24, 2.45) is 0 Å². The van der Waals surface area contributed by atoms with Gasteiger partial charge in [-0.15, -0.1) is 0 Å². The van der Waals surface area contributed by atoms with Gasteiger partial charge < -0.3 is 14.5 Å². The third-order valence-electron chi connectivity index (χ3n) is 3.34. The van der Waals surface area contributed by atoms with E-state index in [1.165, 1.54) is 33.8 Å². The number of allylic oxidation sites excluding steroid dienone is 1. The molecule has 0 saturated heterocycles. The van der Waals surface area contributed by atoms with Crippen molar-refractivity contribution in [1.82, 2.24) is 19.0 Å². The summed E-state index contributed by atoms with van der Waals surface area (Å²) < 4.78 is 39.0. The summed E-state index contributed by atoms with van der Waals surface area (Å²) in [6.45, 7) is 3.82. The topological polar surface area (TPSA) is 96.6 Å². The molecular formula is C17H20N4O4S2. The Labute approximate surface area is 163 Å². The lowest BCUT2D eigenvalue weighted by Gasteiger charge is -2.19. The van der Waals surface area contributed by atoms with Crippen LogP contribution in [0, 0.1) is 4.64 Å². The number of ether oxygens (including phenoxy) is 2. The largest absolute Gasteiger partial charge is 0.504 e. The molecule has 144 valence electrons. The SMILES string of the molecule is C=C(NS(=O)(=O)N(C)C)/C(=C/OC)c1ccccc1Oc1cc(=S)nc[nH]1. The van der Waals surface area contributed by atoms with Gasteiger partial charge in [0.05, 0.1) is 25.4 Å². The first-order valence-electron chi connectivity index (χ1n) is 7.69. The van der Waals surface area contributed by atoms with Crippen LogP contribution >= 0.6 is 12.2 Å². The van der Waals surface area contributed by atoms with Crippen LogP contribution in [-0.4, -0.2) is 43.9 Å². The summed E-state index contributed by atoms with van der Waals surface area (Å²) in [4.78, 5) is 6.75. The lowest BCUT2D eigenvalue weighted by molar-refractivity contribution is 0.339. The fourth-order valence-corrected chi connectivity index (χ4v) is 2.79. The standard InChI is InChI=1S/C17H20N4O4S2/c1-12(20-27(22,23)21(2)3)14(10-24-4)13-7-5-6-8-15(13)25-16-9-17(26)19-11-18-16/h5-11,20H,1H2,2-4H3,(H,18,19,26)/b14-10-. The van der Waals surface area contributed by atoms with E-state index >= 15 is 0 Å². The minimum absolute atomic E-state index is 0.129. The van der Waals surface area contributed by atoms with Gasteiger partial charge in [0.15, 0.2) is 0 Å². The molecule has 1 heterocycles. The van der Waals surface area contributed by atoms with E-state index in [4.69, 9.17) is 21.7 Å². The molecule has 0 saturated carbocycles. The van der Waals surface area contributed by atoms with Crippen molar-refractivity contribution in [2.45, 2.75) is 0 Å². The lowest BCUT2D eigenvalue weighted by atomic mass is 10.0. The number of benzene rings is 1. The molecule has 0 radical (unpaired) electrons. The van der Waals surface area contributed by atoms with Crippen LogP contribution < -0.4 is 9.46 Å². The van der Waals surface area contributed by atoms with Gasteiger partial charge in [0.25, 0.3) is 0 Å². The van der Waals surface area contributed by atoms with Gasteiger partial charge in [0, 0.05) is 31.3 Å². The summed E-state index contributed by atoms with van der Waals surface area (Å²) in [6, 6.07) is 8.62. The number of nitrogens with zero attached hydrogens (tertiary/aromatic N) is 2. The molecule has 0 bridgehead atoms. The molecule has 27 heavy (non-hydrogen) atoms. The maximum atomic E-state index is 12.1. The Bertz CT molecular complexity index is 1010. The van der Waals surface area contributed by atoms with Crippen molar-refractivity contribution >= 4 is 28.0 Å². The zero-order valence-corrected chi connectivity index (χ0v) is 16.7. The van der Waals surface area contributed by atoms with Crippen LogP contribution in [0.5, 0.6) is 11.6 Å². The van der Waals surface area contributed by atoms with E-state index in [2.05, 4.69) is 21.3 Å². The lowest BCUT2D eigenvalue weighted by Crippen LogP contribution is -2.35. The molecule has 0 fully saturated rings. The van der Waals surface area contributed by atoms with E-state index < -0.39 is 10.2 Å². The minimum atomic E-state index is -3.73. The Morgan fingerprint density at radius 2 is 2.07 bits per heavy atom. The maximum Gasteiger partial charge on any atom is 0.301 e. The molecule has 1 aromatic carbocycles. The van der Waals surface area contributed by atoms with E-state index in [1.54, 1.807) is 30.3 Å². The highest BCUT2D eigenvalue weighted by Gasteiger charge is 2.19. The zero-order chi connectivity index (χ0) is 20.0. The van der Waals surface area contributed by atoms with Gasteiger partial charge in [-0.1, -0.05) is 37.0 Å². The number of hydrogen-bond acceptors (Lipinski definition) is 6. The van der Waals surface area contributed by atoms with Crippen molar-refractivity contribution in [3.05, 3.63) is 65.4 Å². The average Bonchev–Trinajstić information content (AvgIpc) is 2.60. The van der Waals surface area contributed by atoms with Gasteiger partial charge in [-0.2, -0.15) is 12.7 Å². The van der Waals surface area contributed by atoms with Crippen LogP contribution in [0.15, 0.2) is 55.2 Å². The van der Waals surface area contributed by atoms with Crippen LogP contribution in [0.3, 0.4) is 0 Å². The van der Waals surface area contributed by atoms with Gasteiger partial charge in [-0.05, 0) is 6.07 Å². The molecule has 2 N–H and O–H groups in total. The van der Waals surface area contributed by atoms with Gasteiger partial charge in [-0.25, -0.2) is 4.98 Å². The molecule has 0 aliphatic rings. The predicted octanol–water partition coefficient (Wildman–Crippen LogP) is 2.83. The Balaban J connectivity index is 2.42. The third kappa shape index (κ3) is 5.39. The molecule has 2 rings (SSSR count). The molecule has 0 aliphatic carbocycles. The van der Waals surface area contributed by atoms with Gasteiger partial charge in [0.2, 0.25) is 5.88 Å². The fourth-order valence-electron chi connectivity index (χ4n) is 2.02. The molecular weight excluding hydrogens is 388 g/mol. The van der Waals surface area contributed by atoms with Gasteiger partial charge in [0.1, 0.15) is 10.4 Å². The molecule has 0 spiro atoms. The number of H-pyrrole nitrogens is 1. The third-order valence-corrected chi connectivity index (χ3v) is 5.03. The smallest absolute Gasteiger partial charge is 0.301 e. The molecule has 0 unspecified atom stereocenters. The molecule has 0 atom stereocenters. The van der Waals surface area contributed by atoms with Crippen LogP contribution in [0.25, 0.3) is 5.57 Å². The normalized spacial score (nSPS) is 11.9. The highest BCUT2D eigenvalue weighted by Crippen LogP contribution is 2.32. The maximum absolute atomic E-state index is 12.1. The second kappa shape index (κ2) is 8.80. The Morgan fingerprint density at radius 1 is 1.37 bits per heavy atom. The summed E-state index contributed by atoms with van der Waals surface area (Å²) in [5.74, 6) is 0.835. The number of aromatic nitrogens is 2. The number of methoxy groups -OCH3 is 1. The van der Waals surface area contributed by atoms with Crippen molar-refractivity contribution < 1.29 is 17.9 Å². The van der Waals surface area contributed by atoms with E-state index in [0.29, 0.717) is 27.4 Å².